The van der Waals surface area contributed by atoms with E-state index in [2.05, 4.69) is 15.3 Å². The van der Waals surface area contributed by atoms with Gasteiger partial charge in [-0.25, -0.2) is 0 Å². The van der Waals surface area contributed by atoms with Crippen LogP contribution < -0.4 is 10.1 Å². The van der Waals surface area contributed by atoms with Crippen molar-refractivity contribution < 1.29 is 9.53 Å². The lowest BCUT2D eigenvalue weighted by atomic mass is 10.1. The fourth-order valence-electron chi connectivity index (χ4n) is 2.31. The van der Waals surface area contributed by atoms with Crippen LogP contribution in [0, 0.1) is 11.3 Å². The van der Waals surface area contributed by atoms with Crippen molar-refractivity contribution in [3.05, 3.63) is 60.1 Å². The normalized spacial score (nSPS) is 11.1. The van der Waals surface area contributed by atoms with E-state index in [9.17, 15) is 10.1 Å². The standard InChI is InChI=1S/C18H14N4O2/c1-24-15-4-5-17-16(8-15)13(10-21-17)7-12(9-19)18(23)22-14-3-2-6-20-11-14/h2-8,10-11,21H,1H3,(H,22,23)/b12-7-. The molecule has 0 aliphatic carbocycles. The van der Waals surface area contributed by atoms with E-state index < -0.39 is 5.91 Å². The molecule has 2 aromatic heterocycles. The Balaban J connectivity index is 1.93. The van der Waals surface area contributed by atoms with E-state index in [4.69, 9.17) is 4.74 Å². The summed E-state index contributed by atoms with van der Waals surface area (Å²) in [6.07, 6.45) is 6.42. The summed E-state index contributed by atoms with van der Waals surface area (Å²) in [5, 5.41) is 12.8. The number of carbonyl (C=O) groups is 1. The highest BCUT2D eigenvalue weighted by atomic mass is 16.5. The van der Waals surface area contributed by atoms with Crippen LogP contribution in [0.2, 0.25) is 0 Å². The number of amides is 1. The molecule has 6 nitrogen and oxygen atoms in total. The smallest absolute Gasteiger partial charge is 0.266 e. The fourth-order valence-corrected chi connectivity index (χ4v) is 2.31. The summed E-state index contributed by atoms with van der Waals surface area (Å²) < 4.78 is 5.22. The van der Waals surface area contributed by atoms with Crippen molar-refractivity contribution in [2.45, 2.75) is 0 Å². The van der Waals surface area contributed by atoms with Crippen LogP contribution in [-0.4, -0.2) is 23.0 Å². The van der Waals surface area contributed by atoms with Crippen LogP contribution in [-0.2, 0) is 4.79 Å². The number of pyridine rings is 1. The highest BCUT2D eigenvalue weighted by molar-refractivity contribution is 6.10. The summed E-state index contributed by atoms with van der Waals surface area (Å²) in [6, 6.07) is 10.9. The Morgan fingerprint density at radius 1 is 1.42 bits per heavy atom. The molecule has 3 aromatic rings. The first-order chi connectivity index (χ1) is 11.7. The second-order valence-corrected chi connectivity index (χ2v) is 5.02. The fraction of sp³-hybridized carbons (Fsp3) is 0.0556. The van der Waals surface area contributed by atoms with Crippen molar-refractivity contribution in [2.24, 2.45) is 0 Å². The molecular weight excluding hydrogens is 304 g/mol. The number of anilines is 1. The summed E-state index contributed by atoms with van der Waals surface area (Å²) in [4.78, 5) is 19.3. The Kier molecular flexibility index (Phi) is 4.25. The number of methoxy groups -OCH3 is 1. The Hall–Kier alpha value is -3.59. The van der Waals surface area contributed by atoms with Crippen molar-refractivity contribution in [3.8, 4) is 11.8 Å². The highest BCUT2D eigenvalue weighted by Gasteiger charge is 2.11. The summed E-state index contributed by atoms with van der Waals surface area (Å²) in [5.74, 6) is 0.220. The summed E-state index contributed by atoms with van der Waals surface area (Å²) >= 11 is 0. The topological polar surface area (TPSA) is 90.8 Å². The molecule has 0 fully saturated rings. The van der Waals surface area contributed by atoms with Gasteiger partial charge in [0.2, 0.25) is 0 Å². The predicted octanol–water partition coefficient (Wildman–Crippen LogP) is 3.12. The number of ether oxygens (including phenoxy) is 1. The summed E-state index contributed by atoms with van der Waals surface area (Å²) in [7, 11) is 1.59. The van der Waals surface area contributed by atoms with Crippen LogP contribution in [0.3, 0.4) is 0 Å². The van der Waals surface area contributed by atoms with Gasteiger partial charge in [0.25, 0.3) is 5.91 Å². The predicted molar refractivity (Wildman–Crippen MR) is 91.3 cm³/mol. The lowest BCUT2D eigenvalue weighted by Gasteiger charge is -2.03. The minimum Gasteiger partial charge on any atom is -0.497 e. The van der Waals surface area contributed by atoms with Gasteiger partial charge in [0.05, 0.1) is 19.0 Å². The molecule has 24 heavy (non-hydrogen) atoms. The van der Waals surface area contributed by atoms with Crippen molar-refractivity contribution in [1.29, 1.82) is 5.26 Å². The Labute approximate surface area is 138 Å². The maximum absolute atomic E-state index is 12.3. The van der Waals surface area contributed by atoms with Gasteiger partial charge in [0.15, 0.2) is 0 Å². The second kappa shape index (κ2) is 6.67. The molecule has 0 aliphatic heterocycles. The van der Waals surface area contributed by atoms with Crippen LogP contribution in [0.25, 0.3) is 17.0 Å². The van der Waals surface area contributed by atoms with E-state index in [1.165, 1.54) is 6.20 Å². The SMILES string of the molecule is COc1ccc2[nH]cc(/C=C(/C#N)C(=O)Nc3cccnc3)c2c1. The van der Waals surface area contributed by atoms with Crippen LogP contribution in [0.1, 0.15) is 5.56 Å². The molecule has 6 heteroatoms. The van der Waals surface area contributed by atoms with Gasteiger partial charge >= 0.3 is 0 Å². The van der Waals surface area contributed by atoms with E-state index in [1.54, 1.807) is 37.7 Å². The minimum absolute atomic E-state index is 0.00238. The van der Waals surface area contributed by atoms with Gasteiger partial charge in [0.1, 0.15) is 17.4 Å². The second-order valence-electron chi connectivity index (χ2n) is 5.02. The van der Waals surface area contributed by atoms with E-state index >= 15 is 0 Å². The molecule has 0 radical (unpaired) electrons. The molecule has 0 saturated carbocycles. The largest absolute Gasteiger partial charge is 0.497 e. The molecule has 1 amide bonds. The lowest BCUT2D eigenvalue weighted by Crippen LogP contribution is -2.13. The number of aromatic amines is 1. The van der Waals surface area contributed by atoms with Gasteiger partial charge in [-0.1, -0.05) is 0 Å². The number of benzene rings is 1. The molecule has 2 heterocycles. The van der Waals surface area contributed by atoms with Gasteiger partial charge in [-0.2, -0.15) is 5.26 Å². The zero-order chi connectivity index (χ0) is 16.9. The lowest BCUT2D eigenvalue weighted by molar-refractivity contribution is -0.112. The quantitative estimate of drug-likeness (QED) is 0.571. The Bertz CT molecular complexity index is 952. The van der Waals surface area contributed by atoms with Crippen LogP contribution >= 0.6 is 0 Å². The third-order valence-corrected chi connectivity index (χ3v) is 3.51. The molecule has 3 rings (SSSR count). The van der Waals surface area contributed by atoms with Crippen LogP contribution in [0.4, 0.5) is 5.69 Å². The van der Waals surface area contributed by atoms with Crippen molar-refractivity contribution in [2.75, 3.05) is 12.4 Å². The molecule has 1 aromatic carbocycles. The molecule has 118 valence electrons. The van der Waals surface area contributed by atoms with Crippen LogP contribution in [0.15, 0.2) is 54.5 Å². The Morgan fingerprint density at radius 2 is 2.29 bits per heavy atom. The minimum atomic E-state index is -0.484. The number of rotatable bonds is 4. The molecule has 0 aliphatic rings. The van der Waals surface area contributed by atoms with E-state index in [1.807, 2.05) is 24.3 Å². The molecule has 2 N–H and O–H groups in total. The van der Waals surface area contributed by atoms with E-state index in [0.717, 1.165) is 16.5 Å². The zero-order valence-corrected chi connectivity index (χ0v) is 12.9. The molecular formula is C18H14N4O2. The van der Waals surface area contributed by atoms with Gasteiger partial charge in [-0.15, -0.1) is 0 Å². The number of carbonyl (C=O) groups excluding carboxylic acids is 1. The summed E-state index contributed by atoms with van der Waals surface area (Å²) in [6.45, 7) is 0. The first kappa shape index (κ1) is 15.3. The first-order valence-electron chi connectivity index (χ1n) is 7.19. The molecule has 0 unspecified atom stereocenters. The molecule has 0 atom stereocenters. The van der Waals surface area contributed by atoms with Crippen molar-refractivity contribution in [1.82, 2.24) is 9.97 Å². The van der Waals surface area contributed by atoms with Gasteiger partial charge in [-0.3, -0.25) is 9.78 Å². The van der Waals surface area contributed by atoms with Crippen molar-refractivity contribution in [3.63, 3.8) is 0 Å². The third kappa shape index (κ3) is 3.10. The molecule has 0 bridgehead atoms. The Morgan fingerprint density at radius 3 is 3.00 bits per heavy atom. The van der Waals surface area contributed by atoms with Gasteiger partial charge < -0.3 is 15.0 Å². The van der Waals surface area contributed by atoms with E-state index in [-0.39, 0.29) is 5.57 Å². The van der Waals surface area contributed by atoms with Gasteiger partial charge in [-0.05, 0) is 36.4 Å². The average Bonchev–Trinajstić information content (AvgIpc) is 3.02. The first-order valence-corrected chi connectivity index (χ1v) is 7.19. The summed E-state index contributed by atoms with van der Waals surface area (Å²) in [5.41, 5.74) is 2.17. The molecule has 0 spiro atoms. The van der Waals surface area contributed by atoms with Crippen LogP contribution in [0.5, 0.6) is 5.75 Å². The van der Waals surface area contributed by atoms with Crippen molar-refractivity contribution >= 4 is 28.6 Å². The highest BCUT2D eigenvalue weighted by Crippen LogP contribution is 2.25. The number of aromatic nitrogens is 2. The van der Waals surface area contributed by atoms with Gasteiger partial charge in [0, 0.05) is 28.9 Å². The number of nitrogens with zero attached hydrogens (tertiary/aromatic N) is 2. The number of H-pyrrole nitrogens is 1. The number of fused-ring (bicyclic) bond motifs is 1. The number of hydrogen-bond acceptors (Lipinski definition) is 4. The maximum atomic E-state index is 12.3. The maximum Gasteiger partial charge on any atom is 0.266 e. The zero-order valence-electron chi connectivity index (χ0n) is 12.9. The van der Waals surface area contributed by atoms with E-state index in [0.29, 0.717) is 11.4 Å². The monoisotopic (exact) mass is 318 g/mol. The average molecular weight is 318 g/mol. The number of nitrogens with one attached hydrogen (secondary N) is 2. The third-order valence-electron chi connectivity index (χ3n) is 3.51. The number of hydrogen-bond donors (Lipinski definition) is 2. The number of nitriles is 1. The molecule has 0 saturated heterocycles.